The average molecular weight is 208 g/mol. The predicted octanol–water partition coefficient (Wildman–Crippen LogP) is 2.94. The highest BCUT2D eigenvalue weighted by molar-refractivity contribution is 6.32. The van der Waals surface area contributed by atoms with Crippen molar-refractivity contribution in [3.8, 4) is 0 Å². The van der Waals surface area contributed by atoms with E-state index in [1.165, 1.54) is 0 Å². The Morgan fingerprint density at radius 1 is 1.36 bits per heavy atom. The normalized spacial score (nSPS) is 13.1. The maximum Gasteiger partial charge on any atom is 0.0797 e. The van der Waals surface area contributed by atoms with E-state index in [1.807, 2.05) is 18.2 Å². The van der Waals surface area contributed by atoms with Crippen LogP contribution in [0.3, 0.4) is 0 Å². The van der Waals surface area contributed by atoms with Crippen molar-refractivity contribution >= 4 is 22.5 Å². The van der Waals surface area contributed by atoms with Crippen LogP contribution in [0, 0.1) is 0 Å². The molecule has 1 heterocycles. The van der Waals surface area contributed by atoms with Crippen molar-refractivity contribution in [2.24, 2.45) is 0 Å². The first-order valence-corrected chi connectivity index (χ1v) is 4.79. The van der Waals surface area contributed by atoms with Gasteiger partial charge in [-0.1, -0.05) is 23.7 Å². The van der Waals surface area contributed by atoms with Gasteiger partial charge in [0.15, 0.2) is 0 Å². The van der Waals surface area contributed by atoms with E-state index in [-0.39, 0.29) is 0 Å². The second-order valence-corrected chi connectivity index (χ2v) is 3.62. The lowest BCUT2D eigenvalue weighted by atomic mass is 10.1. The number of nitrogens with zero attached hydrogens (tertiary/aromatic N) is 1. The molecule has 0 unspecified atom stereocenters. The van der Waals surface area contributed by atoms with Crippen LogP contribution >= 0.6 is 11.6 Å². The molecule has 0 saturated heterocycles. The van der Waals surface area contributed by atoms with Crippen LogP contribution in [0.2, 0.25) is 5.02 Å². The fraction of sp³-hybridized carbons (Fsp3) is 0.182. The molecule has 0 spiro atoms. The average Bonchev–Trinajstić information content (AvgIpc) is 2.17. The van der Waals surface area contributed by atoms with E-state index >= 15 is 0 Å². The summed E-state index contributed by atoms with van der Waals surface area (Å²) in [4.78, 5) is 4.22. The fourth-order valence-electron chi connectivity index (χ4n) is 1.54. The Balaban J connectivity index is 2.83. The standard InChI is InChI=1S/C11H10ClNO/c1-7(14)10-9(12)5-4-8-3-2-6-13-11(8)10/h2-7,14H,1H3/t7-/m1/s1. The molecular weight excluding hydrogens is 198 g/mol. The number of rotatable bonds is 1. The van der Waals surface area contributed by atoms with Gasteiger partial charge in [-0.2, -0.15) is 0 Å². The van der Waals surface area contributed by atoms with Gasteiger partial charge < -0.3 is 5.11 Å². The molecule has 14 heavy (non-hydrogen) atoms. The van der Waals surface area contributed by atoms with Gasteiger partial charge in [0.1, 0.15) is 0 Å². The van der Waals surface area contributed by atoms with Crippen molar-refractivity contribution in [2.75, 3.05) is 0 Å². The fourth-order valence-corrected chi connectivity index (χ4v) is 1.85. The van der Waals surface area contributed by atoms with E-state index in [4.69, 9.17) is 11.6 Å². The van der Waals surface area contributed by atoms with E-state index in [0.717, 1.165) is 10.9 Å². The second-order valence-electron chi connectivity index (χ2n) is 3.21. The summed E-state index contributed by atoms with van der Waals surface area (Å²) < 4.78 is 0. The zero-order chi connectivity index (χ0) is 10.1. The predicted molar refractivity (Wildman–Crippen MR) is 57.4 cm³/mol. The minimum atomic E-state index is -0.596. The third-order valence-corrected chi connectivity index (χ3v) is 2.51. The number of benzene rings is 1. The van der Waals surface area contributed by atoms with Crippen LogP contribution in [0.25, 0.3) is 10.9 Å². The number of halogens is 1. The third kappa shape index (κ3) is 1.47. The maximum atomic E-state index is 9.58. The lowest BCUT2D eigenvalue weighted by molar-refractivity contribution is 0.201. The lowest BCUT2D eigenvalue weighted by Gasteiger charge is -2.09. The van der Waals surface area contributed by atoms with E-state index < -0.39 is 6.10 Å². The molecule has 0 amide bonds. The molecule has 2 aromatic rings. The highest BCUT2D eigenvalue weighted by Crippen LogP contribution is 2.29. The third-order valence-electron chi connectivity index (χ3n) is 2.18. The van der Waals surface area contributed by atoms with Crippen LogP contribution in [-0.2, 0) is 0 Å². The first-order chi connectivity index (χ1) is 6.70. The molecule has 0 saturated carbocycles. The molecule has 0 aliphatic rings. The van der Waals surface area contributed by atoms with Crippen LogP contribution in [0.4, 0.5) is 0 Å². The lowest BCUT2D eigenvalue weighted by Crippen LogP contribution is -1.95. The van der Waals surface area contributed by atoms with Crippen molar-refractivity contribution in [1.82, 2.24) is 4.98 Å². The van der Waals surface area contributed by atoms with Gasteiger partial charge in [-0.3, -0.25) is 4.98 Å². The van der Waals surface area contributed by atoms with Crippen LogP contribution < -0.4 is 0 Å². The Labute approximate surface area is 87.2 Å². The SMILES string of the molecule is C[C@@H](O)c1c(Cl)ccc2cccnc12. The van der Waals surface area contributed by atoms with Crippen LogP contribution in [0.1, 0.15) is 18.6 Å². The zero-order valence-corrected chi connectivity index (χ0v) is 8.49. The number of aliphatic hydroxyl groups excluding tert-OH is 1. The molecule has 1 aromatic carbocycles. The van der Waals surface area contributed by atoms with E-state index in [2.05, 4.69) is 4.98 Å². The molecule has 2 nitrogen and oxygen atoms in total. The van der Waals surface area contributed by atoms with Crippen molar-refractivity contribution in [2.45, 2.75) is 13.0 Å². The smallest absolute Gasteiger partial charge is 0.0797 e. The van der Waals surface area contributed by atoms with Gasteiger partial charge in [-0.15, -0.1) is 0 Å². The molecule has 1 aromatic heterocycles. The summed E-state index contributed by atoms with van der Waals surface area (Å²) in [6, 6.07) is 7.50. The van der Waals surface area contributed by atoms with Crippen molar-refractivity contribution in [1.29, 1.82) is 0 Å². The van der Waals surface area contributed by atoms with Crippen molar-refractivity contribution in [3.05, 3.63) is 41.0 Å². The monoisotopic (exact) mass is 207 g/mol. The molecule has 0 fully saturated rings. The quantitative estimate of drug-likeness (QED) is 0.780. The van der Waals surface area contributed by atoms with Crippen LogP contribution in [-0.4, -0.2) is 10.1 Å². The summed E-state index contributed by atoms with van der Waals surface area (Å²) in [5.74, 6) is 0. The highest BCUT2D eigenvalue weighted by atomic mass is 35.5. The van der Waals surface area contributed by atoms with Gasteiger partial charge in [-0.05, 0) is 19.1 Å². The molecule has 0 bridgehead atoms. The van der Waals surface area contributed by atoms with Gasteiger partial charge in [0.05, 0.1) is 11.6 Å². The summed E-state index contributed by atoms with van der Waals surface area (Å²) in [5.41, 5.74) is 1.47. The Bertz CT molecular complexity index is 468. The number of hydrogen-bond acceptors (Lipinski definition) is 2. The summed E-state index contributed by atoms with van der Waals surface area (Å²) in [6.45, 7) is 1.69. The molecular formula is C11H10ClNO. The van der Waals surface area contributed by atoms with E-state index in [0.29, 0.717) is 10.6 Å². The maximum absolute atomic E-state index is 9.58. The molecule has 1 N–H and O–H groups in total. The van der Waals surface area contributed by atoms with Gasteiger partial charge >= 0.3 is 0 Å². The minimum absolute atomic E-state index is 0.561. The van der Waals surface area contributed by atoms with Gasteiger partial charge in [0.25, 0.3) is 0 Å². The largest absolute Gasteiger partial charge is 0.389 e. The topological polar surface area (TPSA) is 33.1 Å². The molecule has 1 atom stereocenters. The summed E-state index contributed by atoms with van der Waals surface area (Å²) >= 11 is 6.00. The number of aliphatic hydroxyl groups is 1. The molecule has 72 valence electrons. The Kier molecular flexibility index (Phi) is 2.40. The molecule has 3 heteroatoms. The van der Waals surface area contributed by atoms with Gasteiger partial charge in [-0.25, -0.2) is 0 Å². The van der Waals surface area contributed by atoms with E-state index in [1.54, 1.807) is 19.2 Å². The van der Waals surface area contributed by atoms with E-state index in [9.17, 15) is 5.11 Å². The van der Waals surface area contributed by atoms with Crippen molar-refractivity contribution in [3.63, 3.8) is 0 Å². The first-order valence-electron chi connectivity index (χ1n) is 4.41. The Morgan fingerprint density at radius 3 is 2.86 bits per heavy atom. The number of fused-ring (bicyclic) bond motifs is 1. The van der Waals surface area contributed by atoms with Gasteiger partial charge in [0.2, 0.25) is 0 Å². The number of hydrogen-bond donors (Lipinski definition) is 1. The minimum Gasteiger partial charge on any atom is -0.389 e. The molecule has 2 rings (SSSR count). The second kappa shape index (κ2) is 3.56. The molecule has 0 aliphatic heterocycles. The van der Waals surface area contributed by atoms with Crippen LogP contribution in [0.5, 0.6) is 0 Å². The van der Waals surface area contributed by atoms with Crippen molar-refractivity contribution < 1.29 is 5.11 Å². The highest BCUT2D eigenvalue weighted by Gasteiger charge is 2.11. The number of aromatic nitrogens is 1. The van der Waals surface area contributed by atoms with Gasteiger partial charge in [0, 0.05) is 22.2 Å². The molecule has 0 radical (unpaired) electrons. The Morgan fingerprint density at radius 2 is 2.14 bits per heavy atom. The summed E-state index contributed by atoms with van der Waals surface area (Å²) in [6.07, 6.45) is 1.10. The first kappa shape index (κ1) is 9.44. The summed E-state index contributed by atoms with van der Waals surface area (Å²) in [7, 11) is 0. The Hall–Kier alpha value is -1.12. The number of pyridine rings is 1. The molecule has 0 aliphatic carbocycles. The summed E-state index contributed by atoms with van der Waals surface area (Å²) in [5, 5.41) is 11.1. The van der Waals surface area contributed by atoms with Crippen LogP contribution in [0.15, 0.2) is 30.5 Å². The zero-order valence-electron chi connectivity index (χ0n) is 7.74.